The summed E-state index contributed by atoms with van der Waals surface area (Å²) < 4.78 is 0. The molecule has 19 heteroatoms. The van der Waals surface area contributed by atoms with E-state index in [4.69, 9.17) is 11.5 Å². The summed E-state index contributed by atoms with van der Waals surface area (Å²) >= 11 is 4.17. The Balaban J connectivity index is 1.80. The molecule has 0 aliphatic carbocycles. The van der Waals surface area contributed by atoms with Crippen LogP contribution in [0.1, 0.15) is 50.5 Å². The molecule has 0 bridgehead atoms. The van der Waals surface area contributed by atoms with E-state index in [-0.39, 0.29) is 38.1 Å². The van der Waals surface area contributed by atoms with Gasteiger partial charge < -0.3 is 57.8 Å². The van der Waals surface area contributed by atoms with Gasteiger partial charge >= 0.3 is 5.97 Å². The number of carbonyl (C=O) groups excluding carboxylic acids is 7. The van der Waals surface area contributed by atoms with Crippen LogP contribution in [0, 0.1) is 0 Å². The zero-order chi connectivity index (χ0) is 38.9. The number of aromatic amines is 1. The molecule has 2 aromatic rings. The third-order valence-corrected chi connectivity index (χ3v) is 9.05. The number of fused-ring (bicyclic) bond motifs is 1. The Labute approximate surface area is 311 Å². The number of nitrogens with zero attached hydrogens (tertiary/aromatic N) is 1. The number of nitrogens with two attached hydrogens (primary N) is 2. The molecule has 0 unspecified atom stereocenters. The van der Waals surface area contributed by atoms with Gasteiger partial charge in [-0.1, -0.05) is 24.6 Å². The predicted molar refractivity (Wildman–Crippen MR) is 196 cm³/mol. The number of carboxylic acid groups (broad SMARTS) is 1. The molecule has 290 valence electrons. The molecule has 0 radical (unpaired) electrons. The summed E-state index contributed by atoms with van der Waals surface area (Å²) in [4.78, 5) is 106. The number of H-pyrrole nitrogens is 1. The summed E-state index contributed by atoms with van der Waals surface area (Å²) in [6.45, 7) is 0.0798. The maximum atomic E-state index is 14.2. The van der Waals surface area contributed by atoms with Gasteiger partial charge in [0.05, 0.1) is 19.0 Å². The van der Waals surface area contributed by atoms with Gasteiger partial charge in [0.1, 0.15) is 30.5 Å². The van der Waals surface area contributed by atoms with E-state index in [0.29, 0.717) is 44.1 Å². The fraction of sp³-hybridized carbons (Fsp3) is 0.529. The maximum Gasteiger partial charge on any atom is 0.305 e. The average molecular weight is 760 g/mol. The fourth-order valence-corrected chi connectivity index (χ4v) is 6.16. The molecule has 18 nitrogen and oxygen atoms in total. The molecular weight excluding hydrogens is 710 g/mol. The molecule has 1 aliphatic rings. The molecular formula is C34H49N9O9S. The van der Waals surface area contributed by atoms with Crippen molar-refractivity contribution in [3.8, 4) is 0 Å². The van der Waals surface area contributed by atoms with Crippen molar-refractivity contribution in [2.75, 3.05) is 31.9 Å². The second kappa shape index (κ2) is 21.5. The van der Waals surface area contributed by atoms with E-state index in [9.17, 15) is 43.5 Å². The summed E-state index contributed by atoms with van der Waals surface area (Å²) in [5.41, 5.74) is 12.7. The van der Waals surface area contributed by atoms with Crippen LogP contribution in [-0.2, 0) is 44.8 Å². The first-order valence-corrected chi connectivity index (χ1v) is 18.1. The third kappa shape index (κ3) is 12.9. The number of thiol groups is 1. The number of aromatic nitrogens is 1. The van der Waals surface area contributed by atoms with Crippen LogP contribution in [0.3, 0.4) is 0 Å². The monoisotopic (exact) mass is 759 g/mol. The fourth-order valence-electron chi connectivity index (χ4n) is 5.90. The van der Waals surface area contributed by atoms with E-state index < -0.39 is 84.6 Å². The number of carboxylic acids is 1. The Bertz CT molecular complexity index is 1620. The number of rotatable bonds is 22. The van der Waals surface area contributed by atoms with Crippen LogP contribution < -0.4 is 38.1 Å². The van der Waals surface area contributed by atoms with E-state index in [1.165, 1.54) is 4.90 Å². The number of unbranched alkanes of at least 4 members (excludes halogenated alkanes) is 1. The topological polar surface area (TPSA) is 288 Å². The van der Waals surface area contributed by atoms with E-state index in [2.05, 4.69) is 44.2 Å². The van der Waals surface area contributed by atoms with Gasteiger partial charge in [0, 0.05) is 48.8 Å². The molecule has 1 saturated heterocycles. The Morgan fingerprint density at radius 1 is 0.981 bits per heavy atom. The van der Waals surface area contributed by atoms with Gasteiger partial charge in [-0.3, -0.25) is 33.6 Å². The number of para-hydroxylation sites is 1. The van der Waals surface area contributed by atoms with Gasteiger partial charge in [-0.25, -0.2) is 0 Å². The van der Waals surface area contributed by atoms with Crippen LogP contribution in [0.25, 0.3) is 10.9 Å². The van der Waals surface area contributed by atoms with Crippen LogP contribution in [0.5, 0.6) is 0 Å². The van der Waals surface area contributed by atoms with Crippen LogP contribution in [0.15, 0.2) is 30.5 Å². The molecule has 2 heterocycles. The van der Waals surface area contributed by atoms with Crippen LogP contribution in [0.2, 0.25) is 0 Å². The Hall–Kier alpha value is -5.01. The van der Waals surface area contributed by atoms with Crippen molar-refractivity contribution in [2.24, 2.45) is 11.5 Å². The number of hydrogen-bond donors (Lipinski definition) is 10. The number of likely N-dealkylation sites (tertiary alicyclic amines) is 1. The molecule has 0 saturated carbocycles. The van der Waals surface area contributed by atoms with E-state index in [1.807, 2.05) is 18.2 Å². The first-order chi connectivity index (χ1) is 25.4. The van der Waals surface area contributed by atoms with Gasteiger partial charge in [0.15, 0.2) is 0 Å². The molecule has 11 N–H and O–H groups in total. The van der Waals surface area contributed by atoms with Gasteiger partial charge in [0.25, 0.3) is 0 Å². The number of aliphatic carboxylic acids is 1. The zero-order valence-electron chi connectivity index (χ0n) is 29.3. The van der Waals surface area contributed by atoms with Gasteiger partial charge in [0.2, 0.25) is 35.4 Å². The predicted octanol–water partition coefficient (Wildman–Crippen LogP) is -2.16. The summed E-state index contributed by atoms with van der Waals surface area (Å²) in [6, 6.07) is 1.36. The standard InChI is InChI=1S/C34H49N9O9S/c35-11-4-3-8-22(36)30(48)39-18-28(45)40-24(16-29(46)47)32(50)41-25(15-20-17-38-23-9-2-1-7-21(20)23)34(52)43-13-5-10-27(43)33(51)42-26(19-53)31(49)37-12-6-14-44/h1-2,7,9,14,17,22,24-27,38,53H,3-6,8,10-13,15-16,18-19,35-36H2,(H,37,49)(H,39,48)(H,40,45)(H,41,50)(H,42,51)(H,46,47)/t22-,24-,25-,26-,27-/m0/s1. The number of benzene rings is 1. The van der Waals surface area contributed by atoms with Crippen molar-refractivity contribution in [1.82, 2.24) is 36.5 Å². The van der Waals surface area contributed by atoms with Crippen molar-refractivity contribution in [1.29, 1.82) is 0 Å². The molecule has 53 heavy (non-hydrogen) atoms. The molecule has 1 aliphatic heterocycles. The van der Waals surface area contributed by atoms with Gasteiger partial charge in [-0.2, -0.15) is 12.6 Å². The summed E-state index contributed by atoms with van der Waals surface area (Å²) in [5.74, 6) is -5.73. The number of aldehydes is 1. The van der Waals surface area contributed by atoms with Crippen molar-refractivity contribution in [2.45, 2.75) is 81.6 Å². The third-order valence-electron chi connectivity index (χ3n) is 8.69. The minimum Gasteiger partial charge on any atom is -0.481 e. The highest BCUT2D eigenvalue weighted by Crippen LogP contribution is 2.23. The van der Waals surface area contributed by atoms with Crippen molar-refractivity contribution >= 4 is 71.2 Å². The van der Waals surface area contributed by atoms with Crippen molar-refractivity contribution < 1.29 is 43.5 Å². The minimum atomic E-state index is -1.64. The lowest BCUT2D eigenvalue weighted by atomic mass is 10.0. The summed E-state index contributed by atoms with van der Waals surface area (Å²) in [7, 11) is 0. The lowest BCUT2D eigenvalue weighted by Gasteiger charge is -2.30. The first kappa shape index (κ1) is 42.4. The lowest BCUT2D eigenvalue weighted by Crippen LogP contribution is -2.59. The highest BCUT2D eigenvalue weighted by molar-refractivity contribution is 7.80. The lowest BCUT2D eigenvalue weighted by molar-refractivity contribution is -0.143. The molecule has 6 amide bonds. The van der Waals surface area contributed by atoms with E-state index in [1.54, 1.807) is 12.3 Å². The maximum absolute atomic E-state index is 14.2. The second-order valence-corrected chi connectivity index (χ2v) is 13.0. The SMILES string of the molecule is NCCCC[C@H](N)C(=O)NCC(=O)N[C@@H](CC(=O)O)C(=O)N[C@@H](Cc1c[nH]c2ccccc12)C(=O)N1CCC[C@H]1C(=O)N[C@@H](CS)C(=O)NCCC=O. The zero-order valence-corrected chi connectivity index (χ0v) is 30.2. The van der Waals surface area contributed by atoms with Gasteiger partial charge in [-0.05, 0) is 43.9 Å². The van der Waals surface area contributed by atoms with Crippen LogP contribution in [-0.4, -0.2) is 125 Å². The summed E-state index contributed by atoms with van der Waals surface area (Å²) in [5, 5.41) is 22.8. The molecule has 1 fully saturated rings. The Morgan fingerprint density at radius 2 is 1.74 bits per heavy atom. The number of amides is 6. The quantitative estimate of drug-likeness (QED) is 0.0351. The summed E-state index contributed by atoms with van der Waals surface area (Å²) in [6.07, 6.45) is 3.82. The molecule has 5 atom stereocenters. The second-order valence-electron chi connectivity index (χ2n) is 12.6. The highest BCUT2D eigenvalue weighted by atomic mass is 32.1. The van der Waals surface area contributed by atoms with Crippen molar-refractivity contribution in [3.63, 3.8) is 0 Å². The number of nitrogens with one attached hydrogen (secondary N) is 6. The largest absolute Gasteiger partial charge is 0.481 e. The van der Waals surface area contributed by atoms with Crippen LogP contribution in [0.4, 0.5) is 0 Å². The van der Waals surface area contributed by atoms with E-state index >= 15 is 0 Å². The Kier molecular flexibility index (Phi) is 17.2. The molecule has 0 spiro atoms. The van der Waals surface area contributed by atoms with Gasteiger partial charge in [-0.15, -0.1) is 0 Å². The normalized spacial score (nSPS) is 16.1. The Morgan fingerprint density at radius 3 is 2.43 bits per heavy atom. The van der Waals surface area contributed by atoms with E-state index in [0.717, 1.165) is 10.9 Å². The minimum absolute atomic E-state index is 0.0550. The number of hydrogen-bond acceptors (Lipinski definition) is 11. The highest BCUT2D eigenvalue weighted by Gasteiger charge is 2.40. The number of carbonyl (C=O) groups is 8. The first-order valence-electron chi connectivity index (χ1n) is 17.4. The molecule has 1 aromatic carbocycles. The average Bonchev–Trinajstić information content (AvgIpc) is 3.79. The molecule has 3 rings (SSSR count). The smallest absolute Gasteiger partial charge is 0.305 e. The molecule has 1 aromatic heterocycles. The van der Waals surface area contributed by atoms with Crippen molar-refractivity contribution in [3.05, 3.63) is 36.0 Å². The van der Waals surface area contributed by atoms with Crippen LogP contribution >= 0.6 is 12.6 Å².